The first-order chi connectivity index (χ1) is 12.6. The largest absolute Gasteiger partial charge is 0.497 e. The van der Waals surface area contributed by atoms with Crippen molar-refractivity contribution in [2.45, 2.75) is 26.2 Å². The Morgan fingerprint density at radius 2 is 2.00 bits per heavy atom. The summed E-state index contributed by atoms with van der Waals surface area (Å²) in [5, 5.41) is 2.98. The normalized spacial score (nSPS) is 12.4. The van der Waals surface area contributed by atoms with Gasteiger partial charge in [-0.15, -0.1) is 0 Å². The van der Waals surface area contributed by atoms with Crippen LogP contribution >= 0.6 is 0 Å². The highest BCUT2D eigenvalue weighted by Gasteiger charge is 2.22. The van der Waals surface area contributed by atoms with Crippen molar-refractivity contribution in [2.24, 2.45) is 0 Å². The van der Waals surface area contributed by atoms with Crippen LogP contribution in [0.4, 0.5) is 17.5 Å². The lowest BCUT2D eigenvalue weighted by atomic mass is 10.2. The van der Waals surface area contributed by atoms with E-state index in [1.54, 1.807) is 14.0 Å². The standard InChI is InChI=1S/C19H24N4O3/c1-4-26-17(24)12-20-19-21-16-7-5-6-15(16)18(22-19)23(2)13-8-10-14(25-3)11-9-13/h8-11H,4-7,12H2,1-3H3,(H,20,21,22). The van der Waals surface area contributed by atoms with Gasteiger partial charge in [-0.05, 0) is 50.5 Å². The van der Waals surface area contributed by atoms with Gasteiger partial charge in [0.15, 0.2) is 0 Å². The lowest BCUT2D eigenvalue weighted by Crippen LogP contribution is -2.20. The third kappa shape index (κ3) is 3.87. The third-order valence-electron chi connectivity index (χ3n) is 4.38. The van der Waals surface area contributed by atoms with Crippen LogP contribution in [0.5, 0.6) is 5.75 Å². The van der Waals surface area contributed by atoms with Gasteiger partial charge >= 0.3 is 5.97 Å². The first-order valence-electron chi connectivity index (χ1n) is 8.79. The summed E-state index contributed by atoms with van der Waals surface area (Å²) < 4.78 is 10.2. The van der Waals surface area contributed by atoms with Gasteiger partial charge in [0.05, 0.1) is 19.4 Å². The van der Waals surface area contributed by atoms with E-state index in [9.17, 15) is 4.79 Å². The quantitative estimate of drug-likeness (QED) is 0.764. The number of aryl methyl sites for hydroxylation is 1. The average molecular weight is 356 g/mol. The zero-order valence-corrected chi connectivity index (χ0v) is 15.4. The molecule has 7 heteroatoms. The zero-order valence-electron chi connectivity index (χ0n) is 15.4. The van der Waals surface area contributed by atoms with Crippen molar-refractivity contribution in [2.75, 3.05) is 37.5 Å². The van der Waals surface area contributed by atoms with E-state index in [0.717, 1.165) is 42.2 Å². The molecule has 1 N–H and O–H groups in total. The van der Waals surface area contributed by atoms with Crippen molar-refractivity contribution < 1.29 is 14.3 Å². The van der Waals surface area contributed by atoms with E-state index >= 15 is 0 Å². The maximum atomic E-state index is 11.6. The molecule has 2 aromatic rings. The lowest BCUT2D eigenvalue weighted by Gasteiger charge is -2.22. The van der Waals surface area contributed by atoms with E-state index in [1.165, 1.54) is 5.56 Å². The summed E-state index contributed by atoms with van der Waals surface area (Å²) in [5.74, 6) is 1.81. The minimum atomic E-state index is -0.318. The molecule has 1 aromatic carbocycles. The Balaban J connectivity index is 1.86. The number of rotatable bonds is 7. The molecule has 7 nitrogen and oxygen atoms in total. The maximum absolute atomic E-state index is 11.6. The molecule has 0 saturated carbocycles. The molecule has 0 aliphatic heterocycles. The third-order valence-corrected chi connectivity index (χ3v) is 4.38. The lowest BCUT2D eigenvalue weighted by molar-refractivity contribution is -0.140. The number of nitrogens with one attached hydrogen (secondary N) is 1. The number of hydrogen-bond donors (Lipinski definition) is 1. The molecular formula is C19H24N4O3. The first kappa shape index (κ1) is 18.0. The van der Waals surface area contributed by atoms with Crippen molar-refractivity contribution in [3.05, 3.63) is 35.5 Å². The van der Waals surface area contributed by atoms with E-state index in [2.05, 4.69) is 15.3 Å². The molecule has 1 heterocycles. The predicted octanol–water partition coefficient (Wildman–Crippen LogP) is 2.72. The molecule has 0 radical (unpaired) electrons. The number of carbonyl (C=O) groups is 1. The van der Waals surface area contributed by atoms with E-state index in [1.807, 2.05) is 36.2 Å². The van der Waals surface area contributed by atoms with Crippen LogP contribution in [0, 0.1) is 0 Å². The summed E-state index contributed by atoms with van der Waals surface area (Å²) in [6, 6.07) is 7.84. The van der Waals surface area contributed by atoms with Crippen LogP contribution in [0.15, 0.2) is 24.3 Å². The summed E-state index contributed by atoms with van der Waals surface area (Å²) in [7, 11) is 3.63. The summed E-state index contributed by atoms with van der Waals surface area (Å²) in [6.45, 7) is 2.20. The van der Waals surface area contributed by atoms with Crippen molar-refractivity contribution >= 4 is 23.4 Å². The van der Waals surface area contributed by atoms with Crippen LogP contribution in [0.3, 0.4) is 0 Å². The highest BCUT2D eigenvalue weighted by atomic mass is 16.5. The molecular weight excluding hydrogens is 332 g/mol. The molecule has 138 valence electrons. The van der Waals surface area contributed by atoms with Crippen molar-refractivity contribution in [1.82, 2.24) is 9.97 Å². The monoisotopic (exact) mass is 356 g/mol. The molecule has 1 aromatic heterocycles. The number of esters is 1. The molecule has 0 bridgehead atoms. The number of anilines is 3. The predicted molar refractivity (Wildman–Crippen MR) is 100 cm³/mol. The number of methoxy groups -OCH3 is 1. The molecule has 0 atom stereocenters. The highest BCUT2D eigenvalue weighted by molar-refractivity contribution is 5.74. The summed E-state index contributed by atoms with van der Waals surface area (Å²) in [4.78, 5) is 22.9. The first-order valence-corrected chi connectivity index (χ1v) is 8.79. The van der Waals surface area contributed by atoms with Crippen LogP contribution in [-0.2, 0) is 22.4 Å². The molecule has 0 spiro atoms. The summed E-state index contributed by atoms with van der Waals surface area (Å²) in [6.07, 6.45) is 2.95. The Bertz CT molecular complexity index is 777. The van der Waals surface area contributed by atoms with Gasteiger partial charge in [-0.2, -0.15) is 4.98 Å². The van der Waals surface area contributed by atoms with E-state index in [0.29, 0.717) is 12.6 Å². The fourth-order valence-corrected chi connectivity index (χ4v) is 3.06. The number of ether oxygens (including phenoxy) is 2. The van der Waals surface area contributed by atoms with Gasteiger partial charge in [-0.25, -0.2) is 4.98 Å². The number of carbonyl (C=O) groups excluding carboxylic acids is 1. The van der Waals surface area contributed by atoms with Crippen LogP contribution < -0.4 is 15.0 Å². The Morgan fingerprint density at radius 1 is 1.23 bits per heavy atom. The number of benzene rings is 1. The van der Waals surface area contributed by atoms with Gasteiger partial charge in [0.1, 0.15) is 18.1 Å². The van der Waals surface area contributed by atoms with Crippen LogP contribution in [0.1, 0.15) is 24.6 Å². The van der Waals surface area contributed by atoms with E-state index < -0.39 is 0 Å². The van der Waals surface area contributed by atoms with E-state index in [4.69, 9.17) is 9.47 Å². The Morgan fingerprint density at radius 3 is 2.69 bits per heavy atom. The second-order valence-electron chi connectivity index (χ2n) is 6.07. The van der Waals surface area contributed by atoms with Crippen molar-refractivity contribution in [3.8, 4) is 5.75 Å². The molecule has 0 saturated heterocycles. The smallest absolute Gasteiger partial charge is 0.325 e. The summed E-state index contributed by atoms with van der Waals surface area (Å²) in [5.41, 5.74) is 3.22. The van der Waals surface area contributed by atoms with Crippen LogP contribution in [-0.4, -0.2) is 43.2 Å². The van der Waals surface area contributed by atoms with Gasteiger partial charge in [-0.3, -0.25) is 4.79 Å². The second-order valence-corrected chi connectivity index (χ2v) is 6.07. The number of nitrogens with zero attached hydrogens (tertiary/aromatic N) is 3. The molecule has 26 heavy (non-hydrogen) atoms. The topological polar surface area (TPSA) is 76.6 Å². The second kappa shape index (κ2) is 8.03. The average Bonchev–Trinajstić information content (AvgIpc) is 3.14. The fourth-order valence-electron chi connectivity index (χ4n) is 3.06. The summed E-state index contributed by atoms with van der Waals surface area (Å²) >= 11 is 0. The minimum absolute atomic E-state index is 0.0539. The zero-order chi connectivity index (χ0) is 18.5. The maximum Gasteiger partial charge on any atom is 0.325 e. The number of aromatic nitrogens is 2. The molecule has 3 rings (SSSR count). The SMILES string of the molecule is CCOC(=O)CNc1nc2c(c(N(C)c3ccc(OC)cc3)n1)CCC2. The molecule has 1 aliphatic rings. The fraction of sp³-hybridized carbons (Fsp3) is 0.421. The molecule has 1 aliphatic carbocycles. The molecule has 0 fully saturated rings. The number of fused-ring (bicyclic) bond motifs is 1. The van der Waals surface area contributed by atoms with Gasteiger partial charge in [0.2, 0.25) is 5.95 Å². The van der Waals surface area contributed by atoms with Crippen LogP contribution in [0.25, 0.3) is 0 Å². The highest BCUT2D eigenvalue weighted by Crippen LogP contribution is 2.33. The van der Waals surface area contributed by atoms with Gasteiger partial charge in [-0.1, -0.05) is 0 Å². The van der Waals surface area contributed by atoms with Crippen molar-refractivity contribution in [3.63, 3.8) is 0 Å². The van der Waals surface area contributed by atoms with Gasteiger partial charge in [0.25, 0.3) is 0 Å². The molecule has 0 unspecified atom stereocenters. The minimum Gasteiger partial charge on any atom is -0.497 e. The Kier molecular flexibility index (Phi) is 5.55. The Hall–Kier alpha value is -2.83. The van der Waals surface area contributed by atoms with Crippen LogP contribution in [0.2, 0.25) is 0 Å². The van der Waals surface area contributed by atoms with Crippen molar-refractivity contribution in [1.29, 1.82) is 0 Å². The molecule has 0 amide bonds. The van der Waals surface area contributed by atoms with Gasteiger partial charge in [0, 0.05) is 18.3 Å². The van der Waals surface area contributed by atoms with E-state index in [-0.39, 0.29) is 12.5 Å². The number of hydrogen-bond acceptors (Lipinski definition) is 7. The van der Waals surface area contributed by atoms with Gasteiger partial charge < -0.3 is 19.7 Å². The Labute approximate surface area is 153 Å².